The van der Waals surface area contributed by atoms with Crippen molar-refractivity contribution in [1.82, 2.24) is 10.6 Å². The maximum Gasteiger partial charge on any atom is 0.481 e. The molecule has 3 saturated carbocycles. The van der Waals surface area contributed by atoms with E-state index in [1.165, 1.54) is 12.0 Å². The normalized spacial score (nSPS) is 30.8. The minimum Gasteiger partial charge on any atom is -0.404 e. The van der Waals surface area contributed by atoms with Crippen LogP contribution in [0.2, 0.25) is 0 Å². The molecule has 1 aromatic carbocycles. The number of benzene rings is 1. The summed E-state index contributed by atoms with van der Waals surface area (Å²) in [4.78, 5) is 27.2. The van der Waals surface area contributed by atoms with Gasteiger partial charge in [-0.25, -0.2) is 0 Å². The van der Waals surface area contributed by atoms with Crippen molar-refractivity contribution in [3.8, 4) is 0 Å². The fraction of sp³-hybridized carbons (Fsp3) is 0.742. The summed E-state index contributed by atoms with van der Waals surface area (Å²) in [5.41, 5.74) is 3.06. The number of hydrogen-bond acceptors (Lipinski definition) is 4. The Morgan fingerprint density at radius 3 is 2.47 bits per heavy atom. The van der Waals surface area contributed by atoms with Crippen LogP contribution in [0.3, 0.4) is 0 Å². The topological polar surface area (TPSA) is 76.7 Å². The Hall–Kier alpha value is -1.86. The molecule has 7 heteroatoms. The van der Waals surface area contributed by atoms with Crippen LogP contribution in [0.1, 0.15) is 102 Å². The molecule has 1 heterocycles. The smallest absolute Gasteiger partial charge is 0.404 e. The van der Waals surface area contributed by atoms with Crippen molar-refractivity contribution < 1.29 is 18.9 Å². The highest BCUT2D eigenvalue weighted by Gasteiger charge is 2.68. The Bertz CT molecular complexity index is 1070. The molecule has 2 N–H and O–H groups in total. The van der Waals surface area contributed by atoms with Crippen LogP contribution in [0.4, 0.5) is 0 Å². The second-order valence-electron chi connectivity index (χ2n) is 13.9. The van der Waals surface area contributed by atoms with Crippen molar-refractivity contribution in [3.63, 3.8) is 0 Å². The van der Waals surface area contributed by atoms with Gasteiger partial charge < -0.3 is 19.9 Å². The maximum absolute atomic E-state index is 13.7. The highest BCUT2D eigenvalue weighted by Crippen LogP contribution is 2.65. The summed E-state index contributed by atoms with van der Waals surface area (Å²) < 4.78 is 13.3. The second kappa shape index (κ2) is 10.3. The number of amides is 2. The number of carbonyl (C=O) groups excluding carboxylic acids is 2. The van der Waals surface area contributed by atoms with Gasteiger partial charge in [0.25, 0.3) is 5.91 Å². The molecule has 2 unspecified atom stereocenters. The summed E-state index contributed by atoms with van der Waals surface area (Å²) >= 11 is 0. The standard InChI is InChI=1S/C31H47BN2O4/c1-18(2)15-26(32-37-25-17-21-16-24(30(21,5)6)31(25,7)38-32)33-29(36)27(19(3)4)34-28(35)23-14-10-12-20-11-8-9-13-22(20)23/h10,12,14,18-19,21,24-27H,8-9,11,13,15-17H2,1-7H3,(H,33,36)(H,34,35)/t21?,24?,25-,26+,27+,31-/m1/s1. The van der Waals surface area contributed by atoms with E-state index in [1.54, 1.807) is 0 Å². The summed E-state index contributed by atoms with van der Waals surface area (Å²) in [5.74, 6) is 0.849. The second-order valence-corrected chi connectivity index (χ2v) is 13.9. The molecule has 0 aromatic heterocycles. The first-order valence-corrected chi connectivity index (χ1v) is 15.0. The third kappa shape index (κ3) is 4.83. The Kier molecular flexibility index (Phi) is 7.49. The van der Waals surface area contributed by atoms with Gasteiger partial charge in [-0.1, -0.05) is 53.7 Å². The quantitative estimate of drug-likeness (QED) is 0.465. The Morgan fingerprint density at radius 1 is 1.05 bits per heavy atom. The zero-order valence-electron chi connectivity index (χ0n) is 24.4. The lowest BCUT2D eigenvalue weighted by Gasteiger charge is -2.64. The van der Waals surface area contributed by atoms with E-state index in [4.69, 9.17) is 9.31 Å². The van der Waals surface area contributed by atoms with Crippen molar-refractivity contribution in [2.45, 2.75) is 117 Å². The molecular formula is C31H47BN2O4. The highest BCUT2D eigenvalue weighted by molar-refractivity contribution is 6.48. The third-order valence-corrected chi connectivity index (χ3v) is 10.2. The molecule has 0 spiro atoms. The molecule has 1 aromatic rings. The van der Waals surface area contributed by atoms with Gasteiger partial charge >= 0.3 is 7.12 Å². The van der Waals surface area contributed by atoms with Crippen LogP contribution in [0.15, 0.2) is 18.2 Å². The van der Waals surface area contributed by atoms with E-state index in [0.717, 1.165) is 44.1 Å². The predicted octanol–water partition coefficient (Wildman–Crippen LogP) is 5.12. The van der Waals surface area contributed by atoms with Gasteiger partial charge in [0.05, 0.1) is 17.6 Å². The molecule has 0 radical (unpaired) electrons. The molecule has 5 aliphatic rings. The predicted molar refractivity (Wildman–Crippen MR) is 151 cm³/mol. The summed E-state index contributed by atoms with van der Waals surface area (Å²) in [6.45, 7) is 15.2. The van der Waals surface area contributed by atoms with E-state index >= 15 is 0 Å². The molecule has 4 aliphatic carbocycles. The number of hydrogen-bond donors (Lipinski definition) is 2. The zero-order valence-corrected chi connectivity index (χ0v) is 24.4. The van der Waals surface area contributed by atoms with Crippen LogP contribution in [-0.4, -0.2) is 42.6 Å². The molecule has 1 aliphatic heterocycles. The molecule has 6 nitrogen and oxygen atoms in total. The van der Waals surface area contributed by atoms with Crippen molar-refractivity contribution in [3.05, 3.63) is 34.9 Å². The number of nitrogens with one attached hydrogen (secondary N) is 2. The minimum atomic E-state index is -0.636. The number of aryl methyl sites for hydroxylation is 1. The van der Waals surface area contributed by atoms with Crippen LogP contribution in [-0.2, 0) is 26.9 Å². The first-order valence-electron chi connectivity index (χ1n) is 15.0. The molecule has 38 heavy (non-hydrogen) atoms. The van der Waals surface area contributed by atoms with Crippen molar-refractivity contribution in [2.24, 2.45) is 29.1 Å². The van der Waals surface area contributed by atoms with E-state index in [1.807, 2.05) is 26.0 Å². The van der Waals surface area contributed by atoms with Crippen molar-refractivity contribution >= 4 is 18.9 Å². The summed E-state index contributed by atoms with van der Waals surface area (Å²) in [6.07, 6.45) is 7.23. The average Bonchev–Trinajstić information content (AvgIpc) is 3.23. The molecule has 2 amide bonds. The molecule has 208 valence electrons. The van der Waals surface area contributed by atoms with Crippen molar-refractivity contribution in [1.29, 1.82) is 0 Å². The van der Waals surface area contributed by atoms with Gasteiger partial charge in [-0.2, -0.15) is 0 Å². The Balaban J connectivity index is 1.30. The Morgan fingerprint density at radius 2 is 1.79 bits per heavy atom. The minimum absolute atomic E-state index is 0.0586. The van der Waals surface area contributed by atoms with Crippen LogP contribution in [0, 0.1) is 29.1 Å². The Labute approximate surface area is 229 Å². The van der Waals surface area contributed by atoms with Gasteiger partial charge in [-0.3, -0.25) is 9.59 Å². The van der Waals surface area contributed by atoms with Crippen LogP contribution in [0.25, 0.3) is 0 Å². The lowest BCUT2D eigenvalue weighted by molar-refractivity contribution is -0.199. The first kappa shape index (κ1) is 27.7. The van der Waals surface area contributed by atoms with Gasteiger partial charge in [0.2, 0.25) is 5.91 Å². The van der Waals surface area contributed by atoms with Gasteiger partial charge in [-0.15, -0.1) is 0 Å². The van der Waals surface area contributed by atoms with Crippen molar-refractivity contribution in [2.75, 3.05) is 0 Å². The van der Waals surface area contributed by atoms with Crippen LogP contribution in [0.5, 0.6) is 0 Å². The molecule has 6 atom stereocenters. The van der Waals surface area contributed by atoms with Crippen LogP contribution < -0.4 is 10.6 Å². The number of carbonyl (C=O) groups is 2. The fourth-order valence-electron chi connectivity index (χ4n) is 7.84. The number of rotatable bonds is 8. The molecule has 1 saturated heterocycles. The molecular weight excluding hydrogens is 475 g/mol. The summed E-state index contributed by atoms with van der Waals surface area (Å²) in [6, 6.07) is 5.34. The maximum atomic E-state index is 13.7. The molecule has 2 bridgehead atoms. The third-order valence-electron chi connectivity index (χ3n) is 10.2. The van der Waals surface area contributed by atoms with Gasteiger partial charge in [-0.05, 0) is 98.1 Å². The zero-order chi connectivity index (χ0) is 27.4. The van der Waals surface area contributed by atoms with Crippen LogP contribution >= 0.6 is 0 Å². The van der Waals surface area contributed by atoms with E-state index in [9.17, 15) is 9.59 Å². The average molecular weight is 523 g/mol. The highest BCUT2D eigenvalue weighted by atomic mass is 16.7. The van der Waals surface area contributed by atoms with Gasteiger partial charge in [0, 0.05) is 5.56 Å². The summed E-state index contributed by atoms with van der Waals surface area (Å²) in [7, 11) is -0.476. The summed E-state index contributed by atoms with van der Waals surface area (Å²) in [5, 5.41) is 6.34. The first-order chi connectivity index (χ1) is 17.9. The van der Waals surface area contributed by atoms with E-state index < -0.39 is 13.2 Å². The monoisotopic (exact) mass is 522 g/mol. The number of fused-ring (bicyclic) bond motifs is 1. The van der Waals surface area contributed by atoms with Gasteiger partial charge in [0.15, 0.2) is 0 Å². The fourth-order valence-corrected chi connectivity index (χ4v) is 7.84. The van der Waals surface area contributed by atoms with E-state index in [2.05, 4.69) is 51.3 Å². The SMILES string of the molecule is CC(C)C[C@H](NC(=O)[C@@H](NC(=O)c1cccc2c1CCCC2)C(C)C)B1O[C@@H]2CC3CC(C3(C)C)[C@@]2(C)O1. The molecule has 4 fully saturated rings. The lowest BCUT2D eigenvalue weighted by Crippen LogP contribution is -2.65. The van der Waals surface area contributed by atoms with Gasteiger partial charge in [0.1, 0.15) is 6.04 Å². The van der Waals surface area contributed by atoms with E-state index in [-0.39, 0.29) is 40.8 Å². The largest absolute Gasteiger partial charge is 0.481 e. The molecule has 6 rings (SSSR count). The lowest BCUT2D eigenvalue weighted by atomic mass is 9.43. The van der Waals surface area contributed by atoms with E-state index in [0.29, 0.717) is 23.3 Å².